The van der Waals surface area contributed by atoms with Gasteiger partial charge in [0.25, 0.3) is 0 Å². The number of hydrogen-bond donors (Lipinski definition) is 1. The number of hydrogen-bond acceptors (Lipinski definition) is 2. The van der Waals surface area contributed by atoms with Crippen molar-refractivity contribution < 1.29 is 0 Å². The molecule has 2 fully saturated rings. The van der Waals surface area contributed by atoms with E-state index in [-0.39, 0.29) is 0 Å². The van der Waals surface area contributed by atoms with E-state index in [0.717, 1.165) is 5.69 Å². The summed E-state index contributed by atoms with van der Waals surface area (Å²) in [4.78, 5) is 2.53. The van der Waals surface area contributed by atoms with Crippen molar-refractivity contribution in [2.45, 2.75) is 39.5 Å². The van der Waals surface area contributed by atoms with E-state index in [0.29, 0.717) is 5.41 Å². The normalized spacial score (nSPS) is 21.9. The first-order valence-electron chi connectivity index (χ1n) is 6.72. The van der Waals surface area contributed by atoms with Crippen LogP contribution in [0.2, 0.25) is 0 Å². The summed E-state index contributed by atoms with van der Waals surface area (Å²) in [6, 6.07) is 4.18. The van der Waals surface area contributed by atoms with Crippen molar-refractivity contribution in [2.24, 2.45) is 5.41 Å². The van der Waals surface area contributed by atoms with Crippen LogP contribution in [0.25, 0.3) is 0 Å². The molecule has 1 aliphatic carbocycles. The van der Waals surface area contributed by atoms with Crippen molar-refractivity contribution in [1.29, 1.82) is 0 Å². The van der Waals surface area contributed by atoms with Crippen molar-refractivity contribution in [3.05, 3.63) is 23.3 Å². The molecule has 1 saturated heterocycles. The van der Waals surface area contributed by atoms with E-state index in [1.807, 2.05) is 6.07 Å². The molecule has 0 aromatic heterocycles. The van der Waals surface area contributed by atoms with Crippen LogP contribution in [0.1, 0.15) is 36.8 Å². The zero-order valence-electron chi connectivity index (χ0n) is 10.9. The Labute approximate surface area is 104 Å². The van der Waals surface area contributed by atoms with Crippen molar-refractivity contribution in [3.8, 4) is 0 Å². The minimum absolute atomic E-state index is 0.656. The minimum atomic E-state index is 0.656. The second-order valence-corrected chi connectivity index (χ2v) is 6.01. The molecule has 1 aromatic rings. The molecule has 1 aliphatic heterocycles. The summed E-state index contributed by atoms with van der Waals surface area (Å²) in [5.74, 6) is 0. The number of nitrogens with two attached hydrogens (primary N) is 1. The zero-order valence-corrected chi connectivity index (χ0v) is 10.9. The van der Waals surface area contributed by atoms with E-state index in [1.54, 1.807) is 0 Å². The molecule has 0 atom stereocenters. The minimum Gasteiger partial charge on any atom is -0.398 e. The highest BCUT2D eigenvalue weighted by Crippen LogP contribution is 2.48. The lowest BCUT2D eigenvalue weighted by molar-refractivity contribution is 0.221. The maximum absolute atomic E-state index is 6.02. The molecule has 92 valence electrons. The van der Waals surface area contributed by atoms with Gasteiger partial charge in [0.05, 0.1) is 0 Å². The van der Waals surface area contributed by atoms with Crippen LogP contribution in [0.5, 0.6) is 0 Å². The molecule has 0 unspecified atom stereocenters. The van der Waals surface area contributed by atoms with E-state index in [9.17, 15) is 0 Å². The van der Waals surface area contributed by atoms with Crippen LogP contribution < -0.4 is 10.6 Å². The van der Waals surface area contributed by atoms with Crippen LogP contribution >= 0.6 is 0 Å². The number of anilines is 2. The highest BCUT2D eigenvalue weighted by atomic mass is 15.2. The SMILES string of the molecule is Cc1ccc(N)c(C)c1N1CC2(CCCC2)C1. The van der Waals surface area contributed by atoms with Crippen molar-refractivity contribution in [1.82, 2.24) is 0 Å². The maximum atomic E-state index is 6.02. The summed E-state index contributed by atoms with van der Waals surface area (Å²) in [6.45, 7) is 6.84. The van der Waals surface area contributed by atoms with Gasteiger partial charge in [-0.05, 0) is 43.9 Å². The Balaban J connectivity index is 1.85. The third kappa shape index (κ3) is 1.62. The molecule has 1 saturated carbocycles. The van der Waals surface area contributed by atoms with Crippen LogP contribution in [0.3, 0.4) is 0 Å². The topological polar surface area (TPSA) is 29.3 Å². The quantitative estimate of drug-likeness (QED) is 0.750. The summed E-state index contributed by atoms with van der Waals surface area (Å²) in [5, 5.41) is 0. The number of benzene rings is 1. The summed E-state index contributed by atoms with van der Waals surface area (Å²) in [5.41, 5.74) is 11.6. The molecule has 0 radical (unpaired) electrons. The fourth-order valence-electron chi connectivity index (χ4n) is 3.70. The number of rotatable bonds is 1. The highest BCUT2D eigenvalue weighted by Gasteiger charge is 2.45. The van der Waals surface area contributed by atoms with E-state index < -0.39 is 0 Å². The molecule has 0 bridgehead atoms. The van der Waals surface area contributed by atoms with Crippen molar-refractivity contribution in [2.75, 3.05) is 23.7 Å². The maximum Gasteiger partial charge on any atom is 0.0446 e. The zero-order chi connectivity index (χ0) is 12.0. The van der Waals surface area contributed by atoms with Crippen molar-refractivity contribution in [3.63, 3.8) is 0 Å². The second-order valence-electron chi connectivity index (χ2n) is 6.01. The van der Waals surface area contributed by atoms with Gasteiger partial charge in [-0.2, -0.15) is 0 Å². The number of aryl methyl sites for hydroxylation is 1. The predicted molar refractivity (Wildman–Crippen MR) is 73.4 cm³/mol. The molecule has 2 N–H and O–H groups in total. The van der Waals surface area contributed by atoms with Crippen LogP contribution in [-0.4, -0.2) is 13.1 Å². The Morgan fingerprint density at radius 3 is 2.41 bits per heavy atom. The lowest BCUT2D eigenvalue weighted by Gasteiger charge is -2.50. The van der Waals surface area contributed by atoms with Crippen LogP contribution in [-0.2, 0) is 0 Å². The second kappa shape index (κ2) is 3.66. The van der Waals surface area contributed by atoms with E-state index in [1.165, 1.54) is 55.6 Å². The van der Waals surface area contributed by atoms with E-state index >= 15 is 0 Å². The van der Waals surface area contributed by atoms with Gasteiger partial charge < -0.3 is 10.6 Å². The first kappa shape index (κ1) is 10.9. The van der Waals surface area contributed by atoms with Gasteiger partial charge in [0.2, 0.25) is 0 Å². The van der Waals surface area contributed by atoms with Gasteiger partial charge >= 0.3 is 0 Å². The van der Waals surface area contributed by atoms with Gasteiger partial charge in [-0.3, -0.25) is 0 Å². The number of nitrogen functional groups attached to an aromatic ring is 1. The summed E-state index contributed by atoms with van der Waals surface area (Å²) < 4.78 is 0. The number of nitrogens with zero attached hydrogens (tertiary/aromatic N) is 1. The fraction of sp³-hybridized carbons (Fsp3) is 0.600. The smallest absolute Gasteiger partial charge is 0.0446 e. The first-order valence-corrected chi connectivity index (χ1v) is 6.72. The third-order valence-electron chi connectivity index (χ3n) is 4.71. The molecular formula is C15H22N2. The van der Waals surface area contributed by atoms with Gasteiger partial charge in [0.15, 0.2) is 0 Å². The first-order chi connectivity index (χ1) is 8.11. The standard InChI is InChI=1S/C15H22N2/c1-11-5-6-13(16)12(2)14(11)17-9-15(10-17)7-3-4-8-15/h5-6H,3-4,7-10,16H2,1-2H3. The molecule has 1 aromatic carbocycles. The van der Waals surface area contributed by atoms with Crippen molar-refractivity contribution >= 4 is 11.4 Å². The van der Waals surface area contributed by atoms with Gasteiger partial charge in [-0.1, -0.05) is 18.9 Å². The lowest BCUT2D eigenvalue weighted by atomic mass is 9.77. The highest BCUT2D eigenvalue weighted by molar-refractivity contribution is 5.69. The summed E-state index contributed by atoms with van der Waals surface area (Å²) in [7, 11) is 0. The Bertz CT molecular complexity index is 436. The predicted octanol–water partition coefficient (Wildman–Crippen LogP) is 3.27. The van der Waals surface area contributed by atoms with Gasteiger partial charge in [0.1, 0.15) is 0 Å². The Morgan fingerprint density at radius 1 is 1.12 bits per heavy atom. The molecule has 17 heavy (non-hydrogen) atoms. The molecule has 0 amide bonds. The van der Waals surface area contributed by atoms with Gasteiger partial charge in [-0.25, -0.2) is 0 Å². The van der Waals surface area contributed by atoms with Gasteiger partial charge in [0, 0.05) is 29.9 Å². The Hall–Kier alpha value is -1.18. The molecular weight excluding hydrogens is 208 g/mol. The average Bonchev–Trinajstić information content (AvgIpc) is 2.72. The van der Waals surface area contributed by atoms with Crippen LogP contribution in [0, 0.1) is 19.3 Å². The molecule has 2 nitrogen and oxygen atoms in total. The summed E-state index contributed by atoms with van der Waals surface area (Å²) in [6.07, 6.45) is 5.74. The molecule has 1 heterocycles. The Morgan fingerprint density at radius 2 is 1.76 bits per heavy atom. The van der Waals surface area contributed by atoms with Gasteiger partial charge in [-0.15, -0.1) is 0 Å². The molecule has 2 heteroatoms. The molecule has 3 rings (SSSR count). The molecule has 1 spiro atoms. The average molecular weight is 230 g/mol. The third-order valence-corrected chi connectivity index (χ3v) is 4.71. The van der Waals surface area contributed by atoms with E-state index in [2.05, 4.69) is 24.8 Å². The molecule has 2 aliphatic rings. The Kier molecular flexibility index (Phi) is 2.35. The largest absolute Gasteiger partial charge is 0.398 e. The van der Waals surface area contributed by atoms with Crippen LogP contribution in [0.15, 0.2) is 12.1 Å². The monoisotopic (exact) mass is 230 g/mol. The fourth-order valence-corrected chi connectivity index (χ4v) is 3.70. The lowest BCUT2D eigenvalue weighted by Crippen LogP contribution is -2.55. The summed E-state index contributed by atoms with van der Waals surface area (Å²) >= 11 is 0. The van der Waals surface area contributed by atoms with Crippen LogP contribution in [0.4, 0.5) is 11.4 Å². The van der Waals surface area contributed by atoms with E-state index in [4.69, 9.17) is 5.73 Å².